The smallest absolute Gasteiger partial charge is 0.232 e. The second kappa shape index (κ2) is 8.45. The van der Waals surface area contributed by atoms with E-state index in [1.165, 1.54) is 12.8 Å². The molecule has 0 aliphatic carbocycles. The Balaban J connectivity index is 2.01. The molecule has 0 unspecified atom stereocenters. The molecular weight excluding hydrogens is 322 g/mol. The number of hydrogen-bond donors (Lipinski definition) is 2. The number of thiocarbonyl (C=S) groups is 1. The van der Waals surface area contributed by atoms with Crippen molar-refractivity contribution in [3.05, 3.63) is 11.2 Å². The fourth-order valence-corrected chi connectivity index (χ4v) is 2.80. The molecule has 1 aliphatic rings. The van der Waals surface area contributed by atoms with Gasteiger partial charge in [0.05, 0.1) is 6.61 Å². The molecular formula is C14H22ClN5OS. The molecule has 2 rings (SSSR count). The quantitative estimate of drug-likeness (QED) is 0.483. The normalized spacial score (nSPS) is 18.1. The Bertz CT molecular complexity index is 516. The van der Waals surface area contributed by atoms with Crippen LogP contribution in [-0.4, -0.2) is 48.4 Å². The highest BCUT2D eigenvalue weighted by molar-refractivity contribution is 7.80. The average Bonchev–Trinajstić information content (AvgIpc) is 2.47. The summed E-state index contributed by atoms with van der Waals surface area (Å²) in [5.41, 5.74) is 0. The zero-order valence-corrected chi connectivity index (χ0v) is 14.5. The number of nitrogens with zero attached hydrogens (tertiary/aromatic N) is 3. The standard InChI is InChI=1S/C14H22ClN5OS/c1-10-4-3-6-20(9-10)12-8-11(15)17-13(18-12)19-14(22)16-5-7-21-2/h8,10H,3-7,9H2,1-2H3,(H2,16,17,18,19,22)/t10-/m0/s1. The van der Waals surface area contributed by atoms with E-state index in [4.69, 9.17) is 28.6 Å². The Morgan fingerprint density at radius 1 is 1.55 bits per heavy atom. The van der Waals surface area contributed by atoms with Gasteiger partial charge in [-0.15, -0.1) is 0 Å². The average molecular weight is 344 g/mol. The van der Waals surface area contributed by atoms with Gasteiger partial charge >= 0.3 is 0 Å². The highest BCUT2D eigenvalue weighted by Gasteiger charge is 2.19. The molecule has 1 aromatic heterocycles. The van der Waals surface area contributed by atoms with Crippen LogP contribution in [0.4, 0.5) is 11.8 Å². The maximum absolute atomic E-state index is 6.11. The van der Waals surface area contributed by atoms with E-state index in [1.807, 2.05) is 0 Å². The van der Waals surface area contributed by atoms with Crippen LogP contribution in [0.1, 0.15) is 19.8 Å². The first-order valence-corrected chi connectivity index (χ1v) is 8.20. The summed E-state index contributed by atoms with van der Waals surface area (Å²) in [7, 11) is 1.64. The molecule has 2 heterocycles. The van der Waals surface area contributed by atoms with E-state index in [2.05, 4.69) is 32.4 Å². The number of methoxy groups -OCH3 is 1. The van der Waals surface area contributed by atoms with Crippen LogP contribution in [0.5, 0.6) is 0 Å². The van der Waals surface area contributed by atoms with Gasteiger partial charge in [0.2, 0.25) is 5.95 Å². The molecule has 22 heavy (non-hydrogen) atoms. The topological polar surface area (TPSA) is 62.3 Å². The number of hydrogen-bond acceptors (Lipinski definition) is 5. The molecule has 0 aromatic carbocycles. The molecule has 2 N–H and O–H groups in total. The molecule has 1 aromatic rings. The lowest BCUT2D eigenvalue weighted by Crippen LogP contribution is -2.35. The predicted molar refractivity (Wildman–Crippen MR) is 93.8 cm³/mol. The SMILES string of the molecule is COCCNC(=S)Nc1nc(Cl)cc(N2CCC[C@H](C)C2)n1. The summed E-state index contributed by atoms with van der Waals surface area (Å²) < 4.78 is 4.96. The van der Waals surface area contributed by atoms with Crippen LogP contribution in [0.3, 0.4) is 0 Å². The van der Waals surface area contributed by atoms with Crippen molar-refractivity contribution in [1.29, 1.82) is 0 Å². The summed E-state index contributed by atoms with van der Waals surface area (Å²) in [5, 5.41) is 6.84. The first kappa shape index (κ1) is 17.2. The lowest BCUT2D eigenvalue weighted by Gasteiger charge is -2.32. The van der Waals surface area contributed by atoms with Crippen molar-refractivity contribution in [2.75, 3.05) is 43.6 Å². The second-order valence-electron chi connectivity index (χ2n) is 5.44. The maximum atomic E-state index is 6.11. The third kappa shape index (κ3) is 5.23. The molecule has 6 nitrogen and oxygen atoms in total. The molecule has 0 amide bonds. The van der Waals surface area contributed by atoms with Gasteiger partial charge in [-0.2, -0.15) is 4.98 Å². The van der Waals surface area contributed by atoms with E-state index in [-0.39, 0.29) is 0 Å². The van der Waals surface area contributed by atoms with Crippen LogP contribution in [0.25, 0.3) is 0 Å². The molecule has 122 valence electrons. The number of halogens is 1. The number of ether oxygens (including phenoxy) is 1. The minimum absolute atomic E-state index is 0.408. The summed E-state index contributed by atoms with van der Waals surface area (Å²) in [6, 6.07) is 1.80. The van der Waals surface area contributed by atoms with Gasteiger partial charge < -0.3 is 20.3 Å². The molecule has 8 heteroatoms. The molecule has 1 saturated heterocycles. The van der Waals surface area contributed by atoms with Crippen LogP contribution < -0.4 is 15.5 Å². The molecule has 0 saturated carbocycles. The van der Waals surface area contributed by atoms with Gasteiger partial charge in [-0.05, 0) is 31.0 Å². The van der Waals surface area contributed by atoms with E-state index in [1.54, 1.807) is 13.2 Å². The fraction of sp³-hybridized carbons (Fsp3) is 0.643. The Hall–Kier alpha value is -1.18. The first-order chi connectivity index (χ1) is 10.6. The minimum Gasteiger partial charge on any atom is -0.383 e. The number of anilines is 2. The molecule has 0 radical (unpaired) electrons. The Kier molecular flexibility index (Phi) is 6.60. The van der Waals surface area contributed by atoms with Crippen molar-refractivity contribution >= 4 is 40.7 Å². The molecule has 1 fully saturated rings. The van der Waals surface area contributed by atoms with Crippen molar-refractivity contribution in [2.24, 2.45) is 5.92 Å². The van der Waals surface area contributed by atoms with Gasteiger partial charge in [0.1, 0.15) is 11.0 Å². The molecule has 0 spiro atoms. The Labute approximate surface area is 141 Å². The minimum atomic E-state index is 0.408. The van der Waals surface area contributed by atoms with Gasteiger partial charge in [0.15, 0.2) is 5.11 Å². The van der Waals surface area contributed by atoms with Gasteiger partial charge in [0, 0.05) is 32.8 Å². The third-order valence-corrected chi connectivity index (χ3v) is 3.92. The van der Waals surface area contributed by atoms with Crippen LogP contribution in [-0.2, 0) is 4.74 Å². The van der Waals surface area contributed by atoms with Crippen LogP contribution in [0.2, 0.25) is 5.15 Å². The van der Waals surface area contributed by atoms with Crippen molar-refractivity contribution in [3.8, 4) is 0 Å². The molecule has 0 bridgehead atoms. The number of rotatable bonds is 5. The zero-order chi connectivity index (χ0) is 15.9. The van der Waals surface area contributed by atoms with Gasteiger partial charge in [-0.1, -0.05) is 18.5 Å². The third-order valence-electron chi connectivity index (χ3n) is 3.48. The maximum Gasteiger partial charge on any atom is 0.232 e. The van der Waals surface area contributed by atoms with Crippen LogP contribution in [0, 0.1) is 5.92 Å². The van der Waals surface area contributed by atoms with E-state index in [0.717, 1.165) is 18.9 Å². The monoisotopic (exact) mass is 343 g/mol. The summed E-state index contributed by atoms with van der Waals surface area (Å²) >= 11 is 11.3. The van der Waals surface area contributed by atoms with Crippen molar-refractivity contribution in [3.63, 3.8) is 0 Å². The lowest BCUT2D eigenvalue weighted by atomic mass is 10.0. The predicted octanol–water partition coefficient (Wildman–Crippen LogP) is 2.30. The summed E-state index contributed by atoms with van der Waals surface area (Å²) in [5.74, 6) is 1.92. The van der Waals surface area contributed by atoms with Gasteiger partial charge in [-0.25, -0.2) is 4.98 Å². The number of piperidine rings is 1. The van der Waals surface area contributed by atoms with Crippen molar-refractivity contribution in [2.45, 2.75) is 19.8 Å². The Morgan fingerprint density at radius 3 is 3.09 bits per heavy atom. The Morgan fingerprint density at radius 2 is 2.36 bits per heavy atom. The zero-order valence-electron chi connectivity index (χ0n) is 12.9. The van der Waals surface area contributed by atoms with Crippen molar-refractivity contribution in [1.82, 2.24) is 15.3 Å². The van der Waals surface area contributed by atoms with Crippen LogP contribution in [0.15, 0.2) is 6.07 Å². The highest BCUT2D eigenvalue weighted by Crippen LogP contribution is 2.24. The summed E-state index contributed by atoms with van der Waals surface area (Å²) in [6.45, 7) is 5.44. The summed E-state index contributed by atoms with van der Waals surface area (Å²) in [4.78, 5) is 10.9. The largest absolute Gasteiger partial charge is 0.383 e. The van der Waals surface area contributed by atoms with E-state index >= 15 is 0 Å². The second-order valence-corrected chi connectivity index (χ2v) is 6.24. The van der Waals surface area contributed by atoms with Gasteiger partial charge in [0.25, 0.3) is 0 Å². The highest BCUT2D eigenvalue weighted by atomic mass is 35.5. The summed E-state index contributed by atoms with van der Waals surface area (Å²) in [6.07, 6.45) is 2.43. The lowest BCUT2D eigenvalue weighted by molar-refractivity contribution is 0.204. The van der Waals surface area contributed by atoms with Crippen LogP contribution >= 0.6 is 23.8 Å². The van der Waals surface area contributed by atoms with E-state index in [9.17, 15) is 0 Å². The van der Waals surface area contributed by atoms with Gasteiger partial charge in [-0.3, -0.25) is 0 Å². The molecule has 1 aliphatic heterocycles. The van der Waals surface area contributed by atoms with Crippen molar-refractivity contribution < 1.29 is 4.74 Å². The first-order valence-electron chi connectivity index (χ1n) is 7.42. The number of nitrogens with one attached hydrogen (secondary N) is 2. The molecule has 1 atom stereocenters. The fourth-order valence-electron chi connectivity index (χ4n) is 2.43. The van der Waals surface area contributed by atoms with E-state index in [0.29, 0.717) is 35.3 Å². The van der Waals surface area contributed by atoms with E-state index < -0.39 is 0 Å². The number of aromatic nitrogens is 2.